The standard InChI is InChI=1S/C65H42N2/c1-4-18-43(19-5-1)46-32-34-47(35-33-46)62-42-63(67-64(66-62)51-39-49(44-20-6-2-7-21-44)38-50(40-51)45-22-8-3-9-23-45)48-36-37-61-57(41-48)53-25-11-10-24-52(53)54-26-12-15-29-58(54)65(61)59-30-16-13-27-55(59)56-28-14-17-31-60(56)65/h1-42H. The van der Waals surface area contributed by atoms with Crippen LogP contribution in [0.25, 0.3) is 101 Å². The van der Waals surface area contributed by atoms with Crippen LogP contribution in [0.3, 0.4) is 0 Å². The van der Waals surface area contributed by atoms with Crippen molar-refractivity contribution in [3.8, 4) is 101 Å². The molecule has 0 unspecified atom stereocenters. The summed E-state index contributed by atoms with van der Waals surface area (Å²) in [6, 6.07) is 92.6. The molecule has 10 aromatic carbocycles. The third kappa shape index (κ3) is 6.33. The molecule has 0 saturated heterocycles. The molecule has 0 amide bonds. The Balaban J connectivity index is 1.06. The van der Waals surface area contributed by atoms with Crippen LogP contribution < -0.4 is 0 Å². The molecular weight excluding hydrogens is 809 g/mol. The van der Waals surface area contributed by atoms with Gasteiger partial charge >= 0.3 is 0 Å². The molecule has 13 rings (SSSR count). The lowest BCUT2D eigenvalue weighted by atomic mass is 9.66. The van der Waals surface area contributed by atoms with E-state index in [1.54, 1.807) is 0 Å². The highest BCUT2D eigenvalue weighted by molar-refractivity contribution is 5.98. The molecule has 1 heterocycles. The Morgan fingerprint density at radius 3 is 1.07 bits per heavy atom. The summed E-state index contributed by atoms with van der Waals surface area (Å²) in [5.74, 6) is 0.674. The van der Waals surface area contributed by atoms with Crippen molar-refractivity contribution in [2.24, 2.45) is 0 Å². The zero-order valence-corrected chi connectivity index (χ0v) is 36.6. The van der Waals surface area contributed by atoms with E-state index >= 15 is 0 Å². The van der Waals surface area contributed by atoms with Gasteiger partial charge in [-0.25, -0.2) is 9.97 Å². The van der Waals surface area contributed by atoms with E-state index in [9.17, 15) is 0 Å². The molecular formula is C65H42N2. The second-order valence-electron chi connectivity index (χ2n) is 17.6. The van der Waals surface area contributed by atoms with Crippen LogP contribution in [0.1, 0.15) is 22.3 Å². The van der Waals surface area contributed by atoms with Crippen LogP contribution in [0.2, 0.25) is 0 Å². The van der Waals surface area contributed by atoms with Crippen molar-refractivity contribution in [1.29, 1.82) is 0 Å². The summed E-state index contributed by atoms with van der Waals surface area (Å²) in [5.41, 5.74) is 23.7. The van der Waals surface area contributed by atoms with Gasteiger partial charge in [-0.1, -0.05) is 224 Å². The SMILES string of the molecule is c1ccc(-c2ccc(-c3cc(-c4ccc5c(c4)-c4ccccc4-c4ccccc4C54c5ccccc5-c5ccccc54)nc(-c4cc(-c5ccccc5)cc(-c5ccccc5)c4)n3)cc2)cc1. The normalized spacial score (nSPS) is 12.6. The van der Waals surface area contributed by atoms with Gasteiger partial charge in [-0.2, -0.15) is 0 Å². The molecule has 11 aromatic rings. The van der Waals surface area contributed by atoms with Gasteiger partial charge in [-0.15, -0.1) is 0 Å². The van der Waals surface area contributed by atoms with Crippen molar-refractivity contribution in [1.82, 2.24) is 9.97 Å². The van der Waals surface area contributed by atoms with Gasteiger partial charge in [-0.05, 0) is 119 Å². The summed E-state index contributed by atoms with van der Waals surface area (Å²) in [6.45, 7) is 0. The molecule has 2 aliphatic rings. The van der Waals surface area contributed by atoms with Crippen molar-refractivity contribution in [3.63, 3.8) is 0 Å². The first-order valence-corrected chi connectivity index (χ1v) is 23.1. The highest BCUT2D eigenvalue weighted by Gasteiger charge is 2.49. The lowest BCUT2D eigenvalue weighted by Gasteiger charge is -2.35. The monoisotopic (exact) mass is 850 g/mol. The average molecular weight is 851 g/mol. The summed E-state index contributed by atoms with van der Waals surface area (Å²) >= 11 is 0. The topological polar surface area (TPSA) is 25.8 Å². The third-order valence-electron chi connectivity index (χ3n) is 13.9. The first-order valence-electron chi connectivity index (χ1n) is 23.1. The van der Waals surface area contributed by atoms with E-state index in [0.717, 1.165) is 55.9 Å². The van der Waals surface area contributed by atoms with Crippen LogP contribution in [0, 0.1) is 0 Å². The second kappa shape index (κ2) is 15.8. The molecule has 0 bridgehead atoms. The molecule has 1 spiro atoms. The van der Waals surface area contributed by atoms with Crippen LogP contribution in [0.15, 0.2) is 255 Å². The Labute approximate surface area is 391 Å². The second-order valence-corrected chi connectivity index (χ2v) is 17.6. The Morgan fingerprint density at radius 1 is 0.209 bits per heavy atom. The van der Waals surface area contributed by atoms with Gasteiger partial charge in [-0.3, -0.25) is 0 Å². The van der Waals surface area contributed by atoms with Crippen LogP contribution in [0.5, 0.6) is 0 Å². The molecule has 2 aliphatic carbocycles. The summed E-state index contributed by atoms with van der Waals surface area (Å²) in [6.07, 6.45) is 0. The van der Waals surface area contributed by atoms with Crippen molar-refractivity contribution < 1.29 is 0 Å². The Bertz CT molecular complexity index is 3560. The molecule has 0 aliphatic heterocycles. The Kier molecular flexibility index (Phi) is 9.11. The molecule has 0 saturated carbocycles. The van der Waals surface area contributed by atoms with Crippen LogP contribution in [0.4, 0.5) is 0 Å². The molecule has 0 N–H and O–H groups in total. The minimum absolute atomic E-state index is 0.551. The molecule has 312 valence electrons. The van der Waals surface area contributed by atoms with Crippen molar-refractivity contribution >= 4 is 0 Å². The van der Waals surface area contributed by atoms with E-state index in [2.05, 4.69) is 255 Å². The van der Waals surface area contributed by atoms with Crippen molar-refractivity contribution in [3.05, 3.63) is 277 Å². The molecule has 0 radical (unpaired) electrons. The van der Waals surface area contributed by atoms with Gasteiger partial charge in [0.2, 0.25) is 0 Å². The number of nitrogens with zero attached hydrogens (tertiary/aromatic N) is 2. The fourth-order valence-corrected chi connectivity index (χ4v) is 10.9. The zero-order chi connectivity index (χ0) is 44.3. The summed E-state index contributed by atoms with van der Waals surface area (Å²) in [7, 11) is 0. The van der Waals surface area contributed by atoms with E-state index < -0.39 is 5.41 Å². The number of aromatic nitrogens is 2. The predicted octanol–water partition coefficient (Wildman–Crippen LogP) is 16.5. The fraction of sp³-hybridized carbons (Fsp3) is 0.0154. The number of hydrogen-bond acceptors (Lipinski definition) is 2. The van der Waals surface area contributed by atoms with Crippen LogP contribution in [-0.2, 0) is 5.41 Å². The van der Waals surface area contributed by atoms with E-state index in [-0.39, 0.29) is 0 Å². The maximum atomic E-state index is 5.55. The average Bonchev–Trinajstić information content (AvgIpc) is 3.66. The minimum Gasteiger partial charge on any atom is -0.228 e. The maximum Gasteiger partial charge on any atom is 0.160 e. The van der Waals surface area contributed by atoms with Gasteiger partial charge in [0.05, 0.1) is 16.8 Å². The number of benzene rings is 10. The number of rotatable bonds is 6. The van der Waals surface area contributed by atoms with Crippen LogP contribution >= 0.6 is 0 Å². The zero-order valence-electron chi connectivity index (χ0n) is 36.6. The molecule has 0 fully saturated rings. The fourth-order valence-electron chi connectivity index (χ4n) is 10.9. The van der Waals surface area contributed by atoms with Crippen molar-refractivity contribution in [2.75, 3.05) is 0 Å². The Morgan fingerprint density at radius 2 is 0.552 bits per heavy atom. The van der Waals surface area contributed by atoms with Gasteiger partial charge in [0.25, 0.3) is 0 Å². The van der Waals surface area contributed by atoms with E-state index in [1.807, 2.05) is 0 Å². The van der Waals surface area contributed by atoms with E-state index in [1.165, 1.54) is 61.2 Å². The predicted molar refractivity (Wildman–Crippen MR) is 276 cm³/mol. The lowest BCUT2D eigenvalue weighted by molar-refractivity contribution is 0.775. The number of hydrogen-bond donors (Lipinski definition) is 0. The van der Waals surface area contributed by atoms with Gasteiger partial charge in [0.15, 0.2) is 5.82 Å². The van der Waals surface area contributed by atoms with E-state index in [0.29, 0.717) is 5.82 Å². The highest BCUT2D eigenvalue weighted by atomic mass is 14.9. The summed E-state index contributed by atoms with van der Waals surface area (Å²) < 4.78 is 0. The van der Waals surface area contributed by atoms with Gasteiger partial charge < -0.3 is 0 Å². The first-order chi connectivity index (χ1) is 33.2. The molecule has 2 nitrogen and oxygen atoms in total. The smallest absolute Gasteiger partial charge is 0.160 e. The van der Waals surface area contributed by atoms with Crippen molar-refractivity contribution in [2.45, 2.75) is 5.41 Å². The molecule has 67 heavy (non-hydrogen) atoms. The quantitative estimate of drug-likeness (QED) is 0.167. The highest BCUT2D eigenvalue weighted by Crippen LogP contribution is 2.61. The third-order valence-corrected chi connectivity index (χ3v) is 13.9. The maximum absolute atomic E-state index is 5.55. The first kappa shape index (κ1) is 38.7. The van der Waals surface area contributed by atoms with Gasteiger partial charge in [0, 0.05) is 16.7 Å². The molecule has 0 atom stereocenters. The Hall–Kier alpha value is -8.72. The number of fused-ring (bicyclic) bond motifs is 12. The molecule has 2 heteroatoms. The summed E-state index contributed by atoms with van der Waals surface area (Å²) in [4.78, 5) is 11.0. The van der Waals surface area contributed by atoms with E-state index in [4.69, 9.17) is 9.97 Å². The molecule has 1 aromatic heterocycles. The summed E-state index contributed by atoms with van der Waals surface area (Å²) in [5, 5.41) is 0. The van der Waals surface area contributed by atoms with Gasteiger partial charge in [0.1, 0.15) is 0 Å². The largest absolute Gasteiger partial charge is 0.228 e. The minimum atomic E-state index is -0.551. The lowest BCUT2D eigenvalue weighted by Crippen LogP contribution is -2.29. The van der Waals surface area contributed by atoms with Crippen LogP contribution in [-0.4, -0.2) is 9.97 Å².